The van der Waals surface area contributed by atoms with Gasteiger partial charge in [0.15, 0.2) is 0 Å². The fourth-order valence-electron chi connectivity index (χ4n) is 2.25. The summed E-state index contributed by atoms with van der Waals surface area (Å²) in [5.41, 5.74) is 0. The van der Waals surface area contributed by atoms with Gasteiger partial charge in [-0.05, 0) is 46.5 Å². The lowest BCUT2D eigenvalue weighted by Gasteiger charge is -2.37. The Balaban J connectivity index is 2.51. The molecule has 0 heterocycles. The molecule has 4 nitrogen and oxygen atoms in total. The molecule has 1 saturated carbocycles. The van der Waals surface area contributed by atoms with Crippen molar-refractivity contribution in [2.45, 2.75) is 57.2 Å². The van der Waals surface area contributed by atoms with Crippen molar-refractivity contribution in [1.82, 2.24) is 4.31 Å². The number of aliphatic carboxylic acids is 1. The summed E-state index contributed by atoms with van der Waals surface area (Å²) in [6.07, 6.45) is 3.06. The van der Waals surface area contributed by atoms with Gasteiger partial charge in [0.05, 0.1) is 12.0 Å². The molecule has 1 N–H and O–H groups in total. The van der Waals surface area contributed by atoms with Gasteiger partial charge < -0.3 is 9.66 Å². The van der Waals surface area contributed by atoms with Gasteiger partial charge in [-0.2, -0.15) is 0 Å². The maximum atomic E-state index is 12.2. The molecule has 100 valence electrons. The predicted molar refractivity (Wildman–Crippen MR) is 69.0 cm³/mol. The van der Waals surface area contributed by atoms with Gasteiger partial charge in [-0.1, -0.05) is 0 Å². The molecule has 0 amide bonds. The summed E-state index contributed by atoms with van der Waals surface area (Å²) in [6.45, 7) is 5.88. The lowest BCUT2D eigenvalue weighted by atomic mass is 9.86. The number of carbonyl (C=O) groups is 1. The molecular weight excluding hydrogens is 238 g/mol. The first-order chi connectivity index (χ1) is 7.73. The number of rotatable bonds is 3. The standard InChI is InChI=1S/C12H23NO3S/c1-12(2,3)17(16)13(4)10-7-5-9(6-8-10)11(14)15/h9-10H,5-8H2,1-4H3,(H,14,15)/t9-,10-,17?. The molecule has 1 atom stereocenters. The second kappa shape index (κ2) is 5.59. The topological polar surface area (TPSA) is 63.6 Å². The summed E-state index contributed by atoms with van der Waals surface area (Å²) in [7, 11) is 1.88. The summed E-state index contributed by atoms with van der Waals surface area (Å²) in [6, 6.07) is 0.255. The molecule has 1 aliphatic rings. The van der Waals surface area contributed by atoms with Crippen molar-refractivity contribution in [2.24, 2.45) is 5.92 Å². The molecule has 0 aromatic carbocycles. The Morgan fingerprint density at radius 3 is 2.12 bits per heavy atom. The van der Waals surface area contributed by atoms with Crippen LogP contribution in [0.25, 0.3) is 0 Å². The van der Waals surface area contributed by atoms with Crippen LogP contribution in [-0.4, -0.2) is 37.8 Å². The van der Waals surface area contributed by atoms with E-state index in [1.54, 1.807) is 0 Å². The van der Waals surface area contributed by atoms with Gasteiger partial charge >= 0.3 is 5.97 Å². The maximum absolute atomic E-state index is 12.2. The third kappa shape index (κ3) is 3.86. The van der Waals surface area contributed by atoms with Gasteiger partial charge in [0.25, 0.3) is 0 Å². The normalized spacial score (nSPS) is 28.1. The third-order valence-corrected chi connectivity index (χ3v) is 5.21. The third-order valence-electron chi connectivity index (χ3n) is 3.35. The average Bonchev–Trinajstić information content (AvgIpc) is 2.26. The summed E-state index contributed by atoms with van der Waals surface area (Å²) >= 11 is -1.02. The van der Waals surface area contributed by atoms with Crippen LogP contribution >= 0.6 is 0 Å². The largest absolute Gasteiger partial charge is 0.598 e. The lowest BCUT2D eigenvalue weighted by molar-refractivity contribution is -0.143. The van der Waals surface area contributed by atoms with E-state index in [4.69, 9.17) is 5.11 Å². The Morgan fingerprint density at radius 2 is 1.76 bits per heavy atom. The van der Waals surface area contributed by atoms with Crippen LogP contribution in [0.1, 0.15) is 46.5 Å². The second-order valence-electron chi connectivity index (χ2n) is 5.75. The van der Waals surface area contributed by atoms with E-state index in [1.165, 1.54) is 0 Å². The van der Waals surface area contributed by atoms with Crippen LogP contribution in [0.4, 0.5) is 0 Å². The monoisotopic (exact) mass is 261 g/mol. The van der Waals surface area contributed by atoms with Crippen LogP contribution in [0, 0.1) is 5.92 Å². The van der Waals surface area contributed by atoms with E-state index in [0.717, 1.165) is 12.8 Å². The van der Waals surface area contributed by atoms with Crippen LogP contribution in [0.5, 0.6) is 0 Å². The predicted octanol–water partition coefficient (Wildman–Crippen LogP) is 2.02. The van der Waals surface area contributed by atoms with Crippen molar-refractivity contribution in [3.63, 3.8) is 0 Å². The quantitative estimate of drug-likeness (QED) is 0.789. The van der Waals surface area contributed by atoms with Crippen LogP contribution in [0.2, 0.25) is 0 Å². The lowest BCUT2D eigenvalue weighted by Crippen LogP contribution is -2.47. The van der Waals surface area contributed by atoms with E-state index in [1.807, 2.05) is 32.1 Å². The summed E-state index contributed by atoms with van der Waals surface area (Å²) in [4.78, 5) is 10.9. The Hall–Kier alpha value is -0.260. The molecule has 1 fully saturated rings. The molecule has 1 unspecified atom stereocenters. The fourth-order valence-corrected chi connectivity index (χ4v) is 3.60. The van der Waals surface area contributed by atoms with E-state index in [0.29, 0.717) is 12.8 Å². The molecule has 5 heteroatoms. The van der Waals surface area contributed by atoms with E-state index >= 15 is 0 Å². The van der Waals surface area contributed by atoms with Gasteiger partial charge in [-0.3, -0.25) is 4.79 Å². The van der Waals surface area contributed by atoms with Crippen LogP contribution < -0.4 is 0 Å². The molecule has 0 radical (unpaired) electrons. The first-order valence-electron chi connectivity index (χ1n) is 6.11. The molecule has 1 rings (SSSR count). The number of nitrogens with zero attached hydrogens (tertiary/aromatic N) is 1. The van der Waals surface area contributed by atoms with Crippen LogP contribution in [0.15, 0.2) is 0 Å². The van der Waals surface area contributed by atoms with E-state index in [-0.39, 0.29) is 16.7 Å². The SMILES string of the molecule is CN([C@H]1CC[C@H](C(=O)O)CC1)[S+]([O-])C(C)(C)C. The highest BCUT2D eigenvalue weighted by atomic mass is 32.2. The Morgan fingerprint density at radius 1 is 1.29 bits per heavy atom. The minimum Gasteiger partial charge on any atom is -0.598 e. The fraction of sp³-hybridized carbons (Fsp3) is 0.917. The van der Waals surface area contributed by atoms with Crippen molar-refractivity contribution in [3.8, 4) is 0 Å². The highest BCUT2D eigenvalue weighted by molar-refractivity contribution is 7.90. The molecule has 0 bridgehead atoms. The molecule has 0 spiro atoms. The van der Waals surface area contributed by atoms with Gasteiger partial charge in [-0.15, -0.1) is 4.31 Å². The highest BCUT2D eigenvalue weighted by Crippen LogP contribution is 2.31. The van der Waals surface area contributed by atoms with Crippen molar-refractivity contribution >= 4 is 17.3 Å². The zero-order valence-corrected chi connectivity index (χ0v) is 11.9. The zero-order valence-electron chi connectivity index (χ0n) is 11.1. The molecule has 1 aliphatic carbocycles. The van der Waals surface area contributed by atoms with Crippen molar-refractivity contribution < 1.29 is 14.5 Å². The molecule has 0 aliphatic heterocycles. The number of hydrogen-bond donors (Lipinski definition) is 1. The van der Waals surface area contributed by atoms with E-state index in [2.05, 4.69) is 0 Å². The molecule has 17 heavy (non-hydrogen) atoms. The van der Waals surface area contributed by atoms with Gasteiger partial charge in [0.2, 0.25) is 0 Å². The van der Waals surface area contributed by atoms with Crippen molar-refractivity contribution in [1.29, 1.82) is 0 Å². The Bertz CT molecular complexity index is 269. The minimum atomic E-state index is -1.02. The molecule has 0 saturated heterocycles. The van der Waals surface area contributed by atoms with Crippen molar-refractivity contribution in [2.75, 3.05) is 7.05 Å². The van der Waals surface area contributed by atoms with Gasteiger partial charge in [-0.25, -0.2) is 0 Å². The van der Waals surface area contributed by atoms with E-state index < -0.39 is 17.3 Å². The van der Waals surface area contributed by atoms with E-state index in [9.17, 15) is 9.35 Å². The van der Waals surface area contributed by atoms with Crippen LogP contribution in [0.3, 0.4) is 0 Å². The smallest absolute Gasteiger partial charge is 0.306 e. The Labute approximate surface area is 107 Å². The minimum absolute atomic E-state index is 0.206. The van der Waals surface area contributed by atoms with Crippen molar-refractivity contribution in [3.05, 3.63) is 0 Å². The maximum Gasteiger partial charge on any atom is 0.306 e. The highest BCUT2D eigenvalue weighted by Gasteiger charge is 2.37. The molecule has 0 aromatic heterocycles. The molecular formula is C12H23NO3S. The Kier molecular flexibility index (Phi) is 4.86. The summed E-state index contributed by atoms with van der Waals surface area (Å²) in [5, 5.41) is 8.93. The average molecular weight is 261 g/mol. The first kappa shape index (κ1) is 14.8. The summed E-state index contributed by atoms with van der Waals surface area (Å²) < 4.78 is 13.9. The van der Waals surface area contributed by atoms with Crippen LogP contribution in [-0.2, 0) is 16.2 Å². The number of carboxylic acid groups (broad SMARTS) is 1. The zero-order chi connectivity index (χ0) is 13.2. The second-order valence-corrected chi connectivity index (χ2v) is 8.05. The van der Waals surface area contributed by atoms with Gasteiger partial charge in [0, 0.05) is 18.4 Å². The number of carboxylic acids is 1. The van der Waals surface area contributed by atoms with Gasteiger partial charge in [0.1, 0.15) is 4.75 Å². The summed E-state index contributed by atoms with van der Waals surface area (Å²) in [5.74, 6) is -0.897. The number of hydrogen-bond acceptors (Lipinski definition) is 3. The molecule has 0 aromatic rings. The first-order valence-corrected chi connectivity index (χ1v) is 7.21.